The van der Waals surface area contributed by atoms with E-state index in [0.717, 1.165) is 5.56 Å². The molecule has 0 saturated carbocycles. The third-order valence-corrected chi connectivity index (χ3v) is 4.22. The second-order valence-electron chi connectivity index (χ2n) is 6.10. The Morgan fingerprint density at radius 2 is 1.59 bits per heavy atom. The Kier molecular flexibility index (Phi) is 5.19. The van der Waals surface area contributed by atoms with Crippen LogP contribution in [0, 0.1) is 0 Å². The van der Waals surface area contributed by atoms with Crippen LogP contribution < -0.4 is 0 Å². The van der Waals surface area contributed by atoms with Gasteiger partial charge in [-0.25, -0.2) is 0 Å². The predicted molar refractivity (Wildman–Crippen MR) is 84.5 cm³/mol. The number of amides is 2. The van der Waals surface area contributed by atoms with Gasteiger partial charge in [0.25, 0.3) is 0 Å². The topological polar surface area (TPSA) is 49.9 Å². The molecule has 1 aliphatic heterocycles. The largest absolute Gasteiger partial charge is 0.375 e. The summed E-state index contributed by atoms with van der Waals surface area (Å²) in [7, 11) is 1.51. The average Bonchev–Trinajstić information content (AvgIpc) is 2.55. The number of rotatable bonds is 4. The van der Waals surface area contributed by atoms with Gasteiger partial charge in [-0.1, -0.05) is 30.3 Å². The van der Waals surface area contributed by atoms with Crippen LogP contribution in [0.25, 0.3) is 0 Å². The molecule has 1 heterocycles. The average molecular weight is 304 g/mol. The van der Waals surface area contributed by atoms with Crippen molar-refractivity contribution >= 4 is 11.8 Å². The standard InChI is InChI=1S/C17H24N2O3/c1-17(2,14-7-5-4-6-8-14)16(21)19-11-9-18(10-12-19)15(20)13-22-3/h4-8H,9-13H2,1-3H3. The molecule has 1 saturated heterocycles. The number of hydrogen-bond acceptors (Lipinski definition) is 3. The fourth-order valence-electron chi connectivity index (χ4n) is 2.75. The minimum Gasteiger partial charge on any atom is -0.375 e. The van der Waals surface area contributed by atoms with Crippen LogP contribution in [0.4, 0.5) is 0 Å². The number of hydrogen-bond donors (Lipinski definition) is 0. The molecule has 2 amide bonds. The van der Waals surface area contributed by atoms with Gasteiger partial charge in [-0.15, -0.1) is 0 Å². The summed E-state index contributed by atoms with van der Waals surface area (Å²) in [5.74, 6) is 0.0921. The summed E-state index contributed by atoms with van der Waals surface area (Å²) < 4.78 is 4.87. The summed E-state index contributed by atoms with van der Waals surface area (Å²) in [6.07, 6.45) is 0. The van der Waals surface area contributed by atoms with Crippen LogP contribution in [0.3, 0.4) is 0 Å². The van der Waals surface area contributed by atoms with Gasteiger partial charge in [0.15, 0.2) is 0 Å². The number of piperazine rings is 1. The lowest BCUT2D eigenvalue weighted by Gasteiger charge is -2.38. The second-order valence-corrected chi connectivity index (χ2v) is 6.10. The van der Waals surface area contributed by atoms with E-state index in [1.807, 2.05) is 49.1 Å². The lowest BCUT2D eigenvalue weighted by atomic mass is 9.83. The van der Waals surface area contributed by atoms with Gasteiger partial charge in [-0.2, -0.15) is 0 Å². The van der Waals surface area contributed by atoms with Gasteiger partial charge in [0.2, 0.25) is 11.8 Å². The molecule has 0 aromatic heterocycles. The lowest BCUT2D eigenvalue weighted by Crippen LogP contribution is -2.54. The zero-order chi connectivity index (χ0) is 16.2. The van der Waals surface area contributed by atoms with Crippen molar-refractivity contribution in [2.45, 2.75) is 19.3 Å². The fraction of sp³-hybridized carbons (Fsp3) is 0.529. The quantitative estimate of drug-likeness (QED) is 0.842. The minimum absolute atomic E-state index is 0.0167. The van der Waals surface area contributed by atoms with Crippen LogP contribution in [-0.2, 0) is 19.7 Å². The number of benzene rings is 1. The van der Waals surface area contributed by atoms with Gasteiger partial charge in [-0.05, 0) is 19.4 Å². The molecular formula is C17H24N2O3. The van der Waals surface area contributed by atoms with Crippen molar-refractivity contribution in [1.82, 2.24) is 9.80 Å². The fourth-order valence-corrected chi connectivity index (χ4v) is 2.75. The van der Waals surface area contributed by atoms with Crippen LogP contribution in [0.2, 0.25) is 0 Å². The molecule has 0 spiro atoms. The van der Waals surface area contributed by atoms with Crippen molar-refractivity contribution in [1.29, 1.82) is 0 Å². The van der Waals surface area contributed by atoms with E-state index < -0.39 is 5.41 Å². The van der Waals surface area contributed by atoms with Crippen LogP contribution in [0.5, 0.6) is 0 Å². The van der Waals surface area contributed by atoms with Crippen LogP contribution in [0.1, 0.15) is 19.4 Å². The van der Waals surface area contributed by atoms with Crippen LogP contribution in [0.15, 0.2) is 30.3 Å². The molecule has 0 aliphatic carbocycles. The van der Waals surface area contributed by atoms with Gasteiger partial charge in [0, 0.05) is 33.3 Å². The van der Waals surface area contributed by atoms with Gasteiger partial charge in [0.05, 0.1) is 5.41 Å². The maximum absolute atomic E-state index is 12.8. The van der Waals surface area contributed by atoms with Crippen molar-refractivity contribution in [3.8, 4) is 0 Å². The first-order valence-electron chi connectivity index (χ1n) is 7.58. The van der Waals surface area contributed by atoms with Gasteiger partial charge < -0.3 is 14.5 Å². The maximum Gasteiger partial charge on any atom is 0.248 e. The highest BCUT2D eigenvalue weighted by Crippen LogP contribution is 2.26. The second kappa shape index (κ2) is 6.92. The first-order chi connectivity index (χ1) is 10.5. The van der Waals surface area contributed by atoms with E-state index in [-0.39, 0.29) is 18.4 Å². The summed E-state index contributed by atoms with van der Waals surface area (Å²) in [5.41, 5.74) is 0.456. The summed E-state index contributed by atoms with van der Waals surface area (Å²) in [5, 5.41) is 0. The molecule has 0 radical (unpaired) electrons. The molecule has 120 valence electrons. The zero-order valence-corrected chi connectivity index (χ0v) is 13.5. The van der Waals surface area contributed by atoms with E-state index in [9.17, 15) is 9.59 Å². The van der Waals surface area contributed by atoms with Crippen molar-refractivity contribution in [3.05, 3.63) is 35.9 Å². The van der Waals surface area contributed by atoms with Gasteiger partial charge >= 0.3 is 0 Å². The molecule has 0 bridgehead atoms. The molecule has 1 fully saturated rings. The number of carbonyl (C=O) groups is 2. The van der Waals surface area contributed by atoms with Gasteiger partial charge in [0.1, 0.15) is 6.61 Å². The van der Waals surface area contributed by atoms with Crippen molar-refractivity contribution in [2.75, 3.05) is 39.9 Å². The molecule has 5 heteroatoms. The summed E-state index contributed by atoms with van der Waals surface area (Å²) in [6.45, 7) is 6.29. The van der Waals surface area contributed by atoms with E-state index in [4.69, 9.17) is 4.74 Å². The normalized spacial score (nSPS) is 15.8. The maximum atomic E-state index is 12.8. The molecule has 1 aromatic carbocycles. The Bertz CT molecular complexity index is 520. The highest BCUT2D eigenvalue weighted by atomic mass is 16.5. The molecule has 0 unspecified atom stereocenters. The van der Waals surface area contributed by atoms with Crippen LogP contribution in [-0.4, -0.2) is 61.5 Å². The third kappa shape index (κ3) is 3.47. The summed E-state index contributed by atoms with van der Waals surface area (Å²) in [4.78, 5) is 28.2. The van der Waals surface area contributed by atoms with Crippen LogP contribution >= 0.6 is 0 Å². The highest BCUT2D eigenvalue weighted by molar-refractivity contribution is 5.87. The Hall–Kier alpha value is -1.88. The van der Waals surface area contributed by atoms with Crippen molar-refractivity contribution < 1.29 is 14.3 Å². The van der Waals surface area contributed by atoms with E-state index >= 15 is 0 Å². The molecule has 2 rings (SSSR count). The summed E-state index contributed by atoms with van der Waals surface area (Å²) in [6, 6.07) is 9.81. The predicted octanol–water partition coefficient (Wildman–Crippen LogP) is 1.28. The summed E-state index contributed by atoms with van der Waals surface area (Å²) >= 11 is 0. The smallest absolute Gasteiger partial charge is 0.248 e. The van der Waals surface area contributed by atoms with Crippen molar-refractivity contribution in [2.24, 2.45) is 0 Å². The number of carbonyl (C=O) groups excluding carboxylic acids is 2. The number of nitrogens with zero attached hydrogens (tertiary/aromatic N) is 2. The molecule has 1 aromatic rings. The molecular weight excluding hydrogens is 280 g/mol. The molecule has 22 heavy (non-hydrogen) atoms. The SMILES string of the molecule is COCC(=O)N1CCN(C(=O)C(C)(C)c2ccccc2)CC1. The van der Waals surface area contributed by atoms with E-state index in [1.54, 1.807) is 4.90 Å². The Balaban J connectivity index is 1.99. The highest BCUT2D eigenvalue weighted by Gasteiger charge is 2.35. The first-order valence-corrected chi connectivity index (χ1v) is 7.58. The van der Waals surface area contributed by atoms with E-state index in [0.29, 0.717) is 26.2 Å². The molecule has 5 nitrogen and oxygen atoms in total. The molecule has 1 aliphatic rings. The lowest BCUT2D eigenvalue weighted by molar-refractivity contribution is -0.144. The molecule has 0 atom stereocenters. The van der Waals surface area contributed by atoms with E-state index in [2.05, 4.69) is 0 Å². The first kappa shape index (κ1) is 16.5. The minimum atomic E-state index is -0.556. The third-order valence-electron chi connectivity index (χ3n) is 4.22. The Labute approximate surface area is 131 Å². The monoisotopic (exact) mass is 304 g/mol. The van der Waals surface area contributed by atoms with Gasteiger partial charge in [-0.3, -0.25) is 9.59 Å². The van der Waals surface area contributed by atoms with E-state index in [1.165, 1.54) is 7.11 Å². The Morgan fingerprint density at radius 1 is 1.05 bits per heavy atom. The zero-order valence-electron chi connectivity index (χ0n) is 13.5. The van der Waals surface area contributed by atoms with Crippen molar-refractivity contribution in [3.63, 3.8) is 0 Å². The molecule has 0 N–H and O–H groups in total. The Morgan fingerprint density at radius 3 is 2.14 bits per heavy atom. The number of ether oxygens (including phenoxy) is 1. The number of methoxy groups -OCH3 is 1.